The van der Waals surface area contributed by atoms with E-state index < -0.39 is 16.7 Å². The zero-order valence-electron chi connectivity index (χ0n) is 17.5. The van der Waals surface area contributed by atoms with Crippen LogP contribution in [0.1, 0.15) is 67.6 Å². The predicted octanol–water partition coefficient (Wildman–Crippen LogP) is 4.39. The molecule has 0 saturated carbocycles. The number of benzene rings is 1. The molecule has 0 aliphatic rings. The minimum Gasteiger partial charge on any atom is -0.407 e. The van der Waals surface area contributed by atoms with Gasteiger partial charge in [-0.2, -0.15) is 5.10 Å². The van der Waals surface area contributed by atoms with E-state index in [0.29, 0.717) is 23.1 Å². The second-order valence-electron chi connectivity index (χ2n) is 7.05. The summed E-state index contributed by atoms with van der Waals surface area (Å²) < 4.78 is 6.66. The maximum atomic E-state index is 13.2. The molecule has 1 heterocycles. The highest BCUT2D eigenvalue weighted by Crippen LogP contribution is 2.34. The monoisotopic (exact) mass is 399 g/mol. The summed E-state index contributed by atoms with van der Waals surface area (Å²) in [5.41, 5.74) is 2.95. The Morgan fingerprint density at radius 1 is 1.21 bits per heavy atom. The summed E-state index contributed by atoms with van der Waals surface area (Å²) in [4.78, 5) is 36.2. The van der Waals surface area contributed by atoms with Gasteiger partial charge in [-0.15, -0.1) is 0 Å². The van der Waals surface area contributed by atoms with Gasteiger partial charge in [-0.05, 0) is 51.3 Å². The summed E-state index contributed by atoms with van der Waals surface area (Å²) in [6.07, 6.45) is 2.18. The molecule has 154 valence electrons. The smallest absolute Gasteiger partial charge is 0.312 e. The number of hydrogen-bond donors (Lipinski definition) is 0. The molecule has 2 rings (SSSR count). The highest BCUT2D eigenvalue weighted by molar-refractivity contribution is 6.12. The standard InChI is InChI=1S/C21H25N3O5/c1-7-8-18(25)29-21-16(11-22-23(21)6)20(26)15-9-10-17(24(27)28)19(14(15)5)13(4)12(2)3/h9-11H,7-8H2,1-6H3. The van der Waals surface area contributed by atoms with Crippen molar-refractivity contribution in [1.29, 1.82) is 0 Å². The maximum Gasteiger partial charge on any atom is 0.312 e. The number of carbonyl (C=O) groups excluding carboxylic acids is 2. The summed E-state index contributed by atoms with van der Waals surface area (Å²) in [6.45, 7) is 9.05. The Bertz CT molecular complexity index is 1010. The Hall–Kier alpha value is -3.29. The molecule has 0 unspecified atom stereocenters. The number of carbonyl (C=O) groups is 2. The van der Waals surface area contributed by atoms with E-state index >= 15 is 0 Å². The third-order valence-corrected chi connectivity index (χ3v) is 4.80. The summed E-state index contributed by atoms with van der Waals surface area (Å²) in [5.74, 6) is -0.800. The molecule has 8 nitrogen and oxygen atoms in total. The molecule has 1 aromatic heterocycles. The first-order chi connectivity index (χ1) is 13.6. The summed E-state index contributed by atoms with van der Waals surface area (Å²) in [7, 11) is 1.58. The second kappa shape index (κ2) is 8.81. The largest absolute Gasteiger partial charge is 0.407 e. The Labute approximate surface area is 169 Å². The van der Waals surface area contributed by atoms with Crippen molar-refractivity contribution in [2.75, 3.05) is 0 Å². The molecule has 29 heavy (non-hydrogen) atoms. The van der Waals surface area contributed by atoms with Crippen molar-refractivity contribution in [1.82, 2.24) is 9.78 Å². The van der Waals surface area contributed by atoms with Crippen LogP contribution in [0.4, 0.5) is 5.69 Å². The Balaban J connectivity index is 2.61. The molecule has 0 saturated heterocycles. The topological polar surface area (TPSA) is 104 Å². The number of ketones is 1. The third-order valence-electron chi connectivity index (χ3n) is 4.80. The lowest BCUT2D eigenvalue weighted by Gasteiger charge is -2.13. The fourth-order valence-electron chi connectivity index (χ4n) is 3.03. The molecule has 0 fully saturated rings. The van der Waals surface area contributed by atoms with Crippen LogP contribution >= 0.6 is 0 Å². The minimum atomic E-state index is -0.453. The lowest BCUT2D eigenvalue weighted by Crippen LogP contribution is -2.14. The second-order valence-corrected chi connectivity index (χ2v) is 7.05. The zero-order chi connectivity index (χ0) is 21.9. The summed E-state index contributed by atoms with van der Waals surface area (Å²) >= 11 is 0. The number of rotatable bonds is 7. The van der Waals surface area contributed by atoms with E-state index in [9.17, 15) is 19.7 Å². The number of ether oxygens (including phenoxy) is 1. The van der Waals surface area contributed by atoms with E-state index in [1.165, 1.54) is 23.0 Å². The minimum absolute atomic E-state index is 0.0569. The number of nitrogens with zero attached hydrogens (tertiary/aromatic N) is 3. The van der Waals surface area contributed by atoms with Gasteiger partial charge in [0.1, 0.15) is 5.56 Å². The predicted molar refractivity (Wildman–Crippen MR) is 109 cm³/mol. The van der Waals surface area contributed by atoms with Crippen molar-refractivity contribution in [3.8, 4) is 5.88 Å². The van der Waals surface area contributed by atoms with Crippen LogP contribution in [0.15, 0.2) is 23.9 Å². The van der Waals surface area contributed by atoms with Crippen molar-refractivity contribution in [3.63, 3.8) is 0 Å². The molecular formula is C21H25N3O5. The average Bonchev–Trinajstić information content (AvgIpc) is 3.00. The van der Waals surface area contributed by atoms with E-state index in [-0.39, 0.29) is 23.6 Å². The van der Waals surface area contributed by atoms with Gasteiger partial charge in [0.15, 0.2) is 5.78 Å². The average molecular weight is 399 g/mol. The number of nitro benzene ring substituents is 1. The fraction of sp³-hybridized carbons (Fsp3) is 0.381. The van der Waals surface area contributed by atoms with Gasteiger partial charge in [-0.1, -0.05) is 12.5 Å². The van der Waals surface area contributed by atoms with Gasteiger partial charge in [-0.3, -0.25) is 19.7 Å². The lowest BCUT2D eigenvalue weighted by atomic mass is 9.90. The fourth-order valence-corrected chi connectivity index (χ4v) is 3.03. The number of esters is 1. The zero-order valence-corrected chi connectivity index (χ0v) is 17.5. The van der Waals surface area contributed by atoms with Gasteiger partial charge < -0.3 is 4.74 Å². The Morgan fingerprint density at radius 2 is 1.86 bits per heavy atom. The summed E-state index contributed by atoms with van der Waals surface area (Å²) in [5, 5.41) is 15.6. The number of nitro groups is 1. The lowest BCUT2D eigenvalue weighted by molar-refractivity contribution is -0.385. The van der Waals surface area contributed by atoms with Crippen LogP contribution in [0, 0.1) is 17.0 Å². The number of aromatic nitrogens is 2. The van der Waals surface area contributed by atoms with Crippen LogP contribution in [0.3, 0.4) is 0 Å². The quantitative estimate of drug-likeness (QED) is 0.296. The van der Waals surface area contributed by atoms with Crippen molar-refractivity contribution in [2.24, 2.45) is 7.05 Å². The van der Waals surface area contributed by atoms with Crippen molar-refractivity contribution >= 4 is 23.0 Å². The van der Waals surface area contributed by atoms with Crippen LogP contribution in [0.2, 0.25) is 0 Å². The molecule has 1 aromatic carbocycles. The van der Waals surface area contributed by atoms with Crippen molar-refractivity contribution in [2.45, 2.75) is 47.5 Å². The number of aryl methyl sites for hydroxylation is 1. The molecule has 0 spiro atoms. The van der Waals surface area contributed by atoms with Crippen LogP contribution in [-0.4, -0.2) is 26.5 Å². The Morgan fingerprint density at radius 3 is 2.41 bits per heavy atom. The summed E-state index contributed by atoms with van der Waals surface area (Å²) in [6, 6.07) is 2.77. The van der Waals surface area contributed by atoms with Gasteiger partial charge in [0.05, 0.1) is 16.7 Å². The molecule has 0 aliphatic heterocycles. The molecule has 8 heteroatoms. The van der Waals surface area contributed by atoms with Crippen LogP contribution < -0.4 is 4.74 Å². The molecule has 0 aliphatic carbocycles. The Kier molecular flexibility index (Phi) is 6.68. The van der Waals surface area contributed by atoms with Gasteiger partial charge in [0.25, 0.3) is 5.69 Å². The highest BCUT2D eigenvalue weighted by Gasteiger charge is 2.27. The first kappa shape index (κ1) is 22.0. The SMILES string of the molecule is CCCC(=O)Oc1c(C(=O)c2ccc([N+](=O)[O-])c(C(C)=C(C)C)c2C)cnn1C. The van der Waals surface area contributed by atoms with Gasteiger partial charge in [0, 0.05) is 25.1 Å². The van der Waals surface area contributed by atoms with E-state index in [1.807, 2.05) is 20.8 Å². The van der Waals surface area contributed by atoms with Crippen LogP contribution in [0.25, 0.3) is 5.57 Å². The highest BCUT2D eigenvalue weighted by atomic mass is 16.6. The molecular weight excluding hydrogens is 374 g/mol. The maximum absolute atomic E-state index is 13.2. The van der Waals surface area contributed by atoms with E-state index in [1.54, 1.807) is 20.9 Å². The van der Waals surface area contributed by atoms with Gasteiger partial charge >= 0.3 is 5.97 Å². The van der Waals surface area contributed by atoms with Gasteiger partial charge in [0.2, 0.25) is 5.88 Å². The van der Waals surface area contributed by atoms with Crippen LogP contribution in [-0.2, 0) is 11.8 Å². The third kappa shape index (κ3) is 4.42. The number of allylic oxidation sites excluding steroid dienone is 2. The normalized spacial score (nSPS) is 10.6. The first-order valence-electron chi connectivity index (χ1n) is 9.29. The molecule has 0 atom stereocenters. The van der Waals surface area contributed by atoms with Crippen molar-refractivity contribution in [3.05, 3.63) is 56.3 Å². The van der Waals surface area contributed by atoms with E-state index in [4.69, 9.17) is 4.74 Å². The first-order valence-corrected chi connectivity index (χ1v) is 9.29. The molecule has 0 radical (unpaired) electrons. The molecule has 0 N–H and O–H groups in total. The molecule has 0 amide bonds. The molecule has 0 bridgehead atoms. The van der Waals surface area contributed by atoms with Gasteiger partial charge in [-0.25, -0.2) is 4.68 Å². The van der Waals surface area contributed by atoms with E-state index in [2.05, 4.69) is 5.10 Å². The van der Waals surface area contributed by atoms with E-state index in [0.717, 1.165) is 11.1 Å². The molecule has 2 aromatic rings. The van der Waals surface area contributed by atoms with Crippen molar-refractivity contribution < 1.29 is 19.2 Å². The van der Waals surface area contributed by atoms with Crippen LogP contribution in [0.5, 0.6) is 5.88 Å². The number of hydrogen-bond acceptors (Lipinski definition) is 6.